The van der Waals surface area contributed by atoms with Crippen LogP contribution in [0.25, 0.3) is 0 Å². The van der Waals surface area contributed by atoms with Gasteiger partial charge in [0, 0.05) is 0 Å². The van der Waals surface area contributed by atoms with Crippen molar-refractivity contribution in [3.05, 3.63) is 24.3 Å². The summed E-state index contributed by atoms with van der Waals surface area (Å²) in [5, 5.41) is 21.4. The molecule has 0 heterocycles. The highest BCUT2D eigenvalue weighted by Gasteiger charge is 2.50. The first-order valence-electron chi connectivity index (χ1n) is 18.4. The van der Waals surface area contributed by atoms with Crippen LogP contribution in [0.4, 0.5) is 0 Å². The van der Waals surface area contributed by atoms with E-state index in [4.69, 9.17) is 4.74 Å². The highest BCUT2D eigenvalue weighted by Crippen LogP contribution is 2.49. The molecule has 3 nitrogen and oxygen atoms in total. The second-order valence-electron chi connectivity index (χ2n) is 14.2. The van der Waals surface area contributed by atoms with Crippen LogP contribution < -0.4 is 0 Å². The molecule has 3 heteroatoms. The number of hydrogen-bond donors (Lipinski definition) is 2. The average Bonchev–Trinajstić information content (AvgIpc) is 3.01. The van der Waals surface area contributed by atoms with Gasteiger partial charge in [-0.3, -0.25) is 0 Å². The summed E-state index contributed by atoms with van der Waals surface area (Å²) < 4.78 is 7.75. The lowest BCUT2D eigenvalue weighted by Crippen LogP contribution is -2.54. The van der Waals surface area contributed by atoms with E-state index in [1.54, 1.807) is 0 Å². The zero-order valence-electron chi connectivity index (χ0n) is 27.0. The molecule has 0 saturated heterocycles. The van der Waals surface area contributed by atoms with E-state index in [0.29, 0.717) is 17.8 Å². The predicted molar refractivity (Wildman–Crippen MR) is 175 cm³/mol. The molecule has 238 valence electrons. The third kappa shape index (κ3) is 11.1. The van der Waals surface area contributed by atoms with Crippen LogP contribution in [0.5, 0.6) is 0 Å². The average molecular weight is 573 g/mol. The Labute approximate surface area is 255 Å². The van der Waals surface area contributed by atoms with Crippen molar-refractivity contribution in [1.82, 2.24) is 0 Å². The van der Waals surface area contributed by atoms with Gasteiger partial charge in [0.25, 0.3) is 0 Å². The molecule has 3 fully saturated rings. The molecule has 1 unspecified atom stereocenters. The van der Waals surface area contributed by atoms with Crippen molar-refractivity contribution in [3.63, 3.8) is 0 Å². The Balaban J connectivity index is 2.05. The van der Waals surface area contributed by atoms with Gasteiger partial charge in [-0.2, -0.15) is 0 Å². The molecule has 1 atom stereocenters. The number of ether oxygens (including phenoxy) is 1. The molecular formula is C38H68O3. The molecule has 3 rings (SSSR count). The number of hydrogen-bond acceptors (Lipinski definition) is 3. The molecule has 0 aromatic rings. The summed E-state index contributed by atoms with van der Waals surface area (Å²) in [6, 6.07) is 0. The molecule has 0 radical (unpaired) electrons. The SMILES string of the molecule is C=C(CO)C(OC(C(=C)CO)(C1CCCCCCCCC1)C1CCCCCCCCC1)C1CCCCCCCCC1. The lowest BCUT2D eigenvalue weighted by atomic mass is 9.65. The van der Waals surface area contributed by atoms with Crippen molar-refractivity contribution in [2.75, 3.05) is 13.2 Å². The molecule has 3 aliphatic carbocycles. The van der Waals surface area contributed by atoms with Crippen molar-refractivity contribution in [3.8, 4) is 0 Å². The van der Waals surface area contributed by atoms with Crippen LogP contribution in [0.3, 0.4) is 0 Å². The maximum atomic E-state index is 10.9. The fourth-order valence-corrected chi connectivity index (χ4v) is 8.74. The molecule has 0 bridgehead atoms. The fraction of sp³-hybridized carbons (Fsp3) is 0.895. The van der Waals surface area contributed by atoms with Crippen LogP contribution in [-0.2, 0) is 4.74 Å². The monoisotopic (exact) mass is 573 g/mol. The van der Waals surface area contributed by atoms with E-state index in [9.17, 15) is 10.2 Å². The predicted octanol–water partition coefficient (Wildman–Crippen LogP) is 10.6. The van der Waals surface area contributed by atoms with Gasteiger partial charge < -0.3 is 14.9 Å². The van der Waals surface area contributed by atoms with E-state index in [0.717, 1.165) is 24.0 Å². The maximum Gasteiger partial charge on any atom is 0.0975 e. The summed E-state index contributed by atoms with van der Waals surface area (Å²) in [5.41, 5.74) is 1.23. The van der Waals surface area contributed by atoms with Crippen LogP contribution in [-0.4, -0.2) is 35.1 Å². The molecule has 3 aliphatic rings. The summed E-state index contributed by atoms with van der Waals surface area (Å²) in [5.74, 6) is 1.14. The molecule has 0 spiro atoms. The zero-order chi connectivity index (χ0) is 29.2. The summed E-state index contributed by atoms with van der Waals surface area (Å²) in [6.07, 6.45) is 34.3. The second-order valence-corrected chi connectivity index (χ2v) is 14.2. The maximum absolute atomic E-state index is 10.9. The van der Waals surface area contributed by atoms with Crippen molar-refractivity contribution in [1.29, 1.82) is 0 Å². The summed E-state index contributed by atoms with van der Waals surface area (Å²) in [4.78, 5) is 0. The Morgan fingerprint density at radius 3 is 1.15 bits per heavy atom. The Kier molecular flexibility index (Phi) is 17.3. The fourth-order valence-electron chi connectivity index (χ4n) is 8.74. The lowest BCUT2D eigenvalue weighted by molar-refractivity contribution is -0.156. The van der Waals surface area contributed by atoms with E-state index >= 15 is 0 Å². The number of rotatable bonds is 9. The molecule has 0 amide bonds. The Hall–Kier alpha value is -0.640. The van der Waals surface area contributed by atoms with Gasteiger partial charge in [0.2, 0.25) is 0 Å². The van der Waals surface area contributed by atoms with Gasteiger partial charge in [0.15, 0.2) is 0 Å². The largest absolute Gasteiger partial charge is 0.392 e. The summed E-state index contributed by atoms with van der Waals surface area (Å²) in [6.45, 7) is 9.10. The highest BCUT2D eigenvalue weighted by molar-refractivity contribution is 5.21. The molecule has 2 N–H and O–H groups in total. The van der Waals surface area contributed by atoms with Gasteiger partial charge >= 0.3 is 0 Å². The first-order valence-corrected chi connectivity index (χ1v) is 18.4. The van der Waals surface area contributed by atoms with Crippen LogP contribution in [0.2, 0.25) is 0 Å². The van der Waals surface area contributed by atoms with E-state index in [1.807, 2.05) is 0 Å². The van der Waals surface area contributed by atoms with Gasteiger partial charge in [-0.25, -0.2) is 0 Å². The summed E-state index contributed by atoms with van der Waals surface area (Å²) in [7, 11) is 0. The van der Waals surface area contributed by atoms with Crippen molar-refractivity contribution in [2.45, 2.75) is 185 Å². The van der Waals surface area contributed by atoms with E-state index in [1.165, 1.54) is 161 Å². The third-order valence-corrected chi connectivity index (χ3v) is 11.2. The summed E-state index contributed by atoms with van der Waals surface area (Å²) >= 11 is 0. The van der Waals surface area contributed by atoms with Crippen LogP contribution >= 0.6 is 0 Å². The Morgan fingerprint density at radius 1 is 0.512 bits per heavy atom. The van der Waals surface area contributed by atoms with E-state index in [-0.39, 0.29) is 19.3 Å². The highest BCUT2D eigenvalue weighted by atomic mass is 16.5. The van der Waals surface area contributed by atoms with Crippen molar-refractivity contribution in [2.24, 2.45) is 17.8 Å². The van der Waals surface area contributed by atoms with E-state index in [2.05, 4.69) is 13.2 Å². The third-order valence-electron chi connectivity index (χ3n) is 11.2. The number of aliphatic hydroxyl groups excluding tert-OH is 2. The van der Waals surface area contributed by atoms with Crippen molar-refractivity contribution < 1.29 is 14.9 Å². The Bertz CT molecular complexity index is 658. The van der Waals surface area contributed by atoms with Gasteiger partial charge in [0.05, 0.1) is 24.9 Å². The smallest absolute Gasteiger partial charge is 0.0975 e. The molecular weight excluding hydrogens is 504 g/mol. The number of aliphatic hydroxyl groups is 2. The minimum atomic E-state index is -0.536. The van der Waals surface area contributed by atoms with Crippen LogP contribution in [0.1, 0.15) is 173 Å². The first-order chi connectivity index (χ1) is 20.1. The van der Waals surface area contributed by atoms with Crippen LogP contribution in [0, 0.1) is 17.8 Å². The van der Waals surface area contributed by atoms with Crippen molar-refractivity contribution >= 4 is 0 Å². The second kappa shape index (κ2) is 20.3. The zero-order valence-corrected chi connectivity index (χ0v) is 27.0. The minimum absolute atomic E-state index is 0.00398. The van der Waals surface area contributed by atoms with Gasteiger partial charge in [-0.15, -0.1) is 0 Å². The minimum Gasteiger partial charge on any atom is -0.392 e. The molecule has 0 aromatic carbocycles. The molecule has 0 aromatic heterocycles. The normalized spacial score (nSPS) is 24.2. The quantitative estimate of drug-likeness (QED) is 0.270. The first kappa shape index (κ1) is 34.8. The van der Waals surface area contributed by atoms with E-state index < -0.39 is 5.60 Å². The standard InChI is InChI=1S/C38H68O3/c1-32(30-39)37(34-24-18-12-6-3-7-13-19-25-34)41-38(33(2)31-40,35-26-20-14-8-4-9-15-21-27-35)36-28-22-16-10-5-11-17-23-29-36/h34-37,39-40H,1-31H2. The Morgan fingerprint density at radius 2 is 0.829 bits per heavy atom. The van der Waals surface area contributed by atoms with Gasteiger partial charge in [-0.1, -0.05) is 148 Å². The van der Waals surface area contributed by atoms with Crippen LogP contribution in [0.15, 0.2) is 24.3 Å². The molecule has 41 heavy (non-hydrogen) atoms. The topological polar surface area (TPSA) is 49.7 Å². The van der Waals surface area contributed by atoms with Gasteiger partial charge in [0.1, 0.15) is 0 Å². The lowest BCUT2D eigenvalue weighted by Gasteiger charge is -2.51. The van der Waals surface area contributed by atoms with Gasteiger partial charge in [-0.05, 0) is 67.4 Å². The molecule has 3 saturated carbocycles. The molecule has 0 aliphatic heterocycles.